The Morgan fingerprint density at radius 3 is 2.50 bits per heavy atom. The summed E-state index contributed by atoms with van der Waals surface area (Å²) in [6, 6.07) is 14.7. The minimum absolute atomic E-state index is 0.127. The van der Waals surface area contributed by atoms with E-state index in [4.69, 9.17) is 0 Å². The van der Waals surface area contributed by atoms with E-state index in [1.54, 1.807) is 12.1 Å². The Bertz CT molecular complexity index is 851. The molecule has 0 aliphatic carbocycles. The van der Waals surface area contributed by atoms with Gasteiger partial charge >= 0.3 is 0 Å². The van der Waals surface area contributed by atoms with Gasteiger partial charge in [0.25, 0.3) is 5.69 Å². The summed E-state index contributed by atoms with van der Waals surface area (Å²) in [5.41, 5.74) is 5.10. The SMILES string of the molecule is CC(C)c1[nH]ncc1Cc1ccc(-c2ccccc2[N+](=O)[O-])cc1. The largest absolute Gasteiger partial charge is 0.282 e. The van der Waals surface area contributed by atoms with Gasteiger partial charge in [-0.25, -0.2) is 0 Å². The molecule has 0 amide bonds. The molecule has 0 aliphatic heterocycles. The molecule has 0 atom stereocenters. The summed E-state index contributed by atoms with van der Waals surface area (Å²) in [7, 11) is 0. The van der Waals surface area contributed by atoms with E-state index in [1.807, 2.05) is 36.5 Å². The number of nitro benzene ring substituents is 1. The van der Waals surface area contributed by atoms with E-state index < -0.39 is 0 Å². The Hall–Kier alpha value is -2.95. The number of rotatable bonds is 5. The first kappa shape index (κ1) is 15.9. The number of hydrogen-bond donors (Lipinski definition) is 1. The molecule has 0 saturated carbocycles. The van der Waals surface area contributed by atoms with Crippen LogP contribution in [0.15, 0.2) is 54.7 Å². The summed E-state index contributed by atoms with van der Waals surface area (Å²) in [6.07, 6.45) is 2.66. The molecule has 5 nitrogen and oxygen atoms in total. The molecule has 1 heterocycles. The van der Waals surface area contributed by atoms with Crippen molar-refractivity contribution in [2.24, 2.45) is 0 Å². The second kappa shape index (κ2) is 6.66. The van der Waals surface area contributed by atoms with Crippen LogP contribution in [0.5, 0.6) is 0 Å². The summed E-state index contributed by atoms with van der Waals surface area (Å²) >= 11 is 0. The average molecular weight is 321 g/mol. The van der Waals surface area contributed by atoms with E-state index in [0.29, 0.717) is 11.5 Å². The van der Waals surface area contributed by atoms with Gasteiger partial charge < -0.3 is 0 Å². The fraction of sp³-hybridized carbons (Fsp3) is 0.211. The minimum atomic E-state index is -0.344. The number of nitro groups is 1. The molecule has 0 fully saturated rings. The molecule has 1 aromatic heterocycles. The highest BCUT2D eigenvalue weighted by molar-refractivity contribution is 5.73. The van der Waals surface area contributed by atoms with Crippen LogP contribution in [0, 0.1) is 10.1 Å². The highest BCUT2D eigenvalue weighted by Gasteiger charge is 2.14. The molecule has 0 aliphatic rings. The van der Waals surface area contributed by atoms with Crippen molar-refractivity contribution < 1.29 is 4.92 Å². The number of para-hydroxylation sites is 1. The maximum atomic E-state index is 11.2. The Labute approximate surface area is 140 Å². The normalized spacial score (nSPS) is 11.0. The Balaban J connectivity index is 1.86. The van der Waals surface area contributed by atoms with Crippen molar-refractivity contribution >= 4 is 5.69 Å². The van der Waals surface area contributed by atoms with Gasteiger partial charge in [-0.3, -0.25) is 15.2 Å². The van der Waals surface area contributed by atoms with Crippen molar-refractivity contribution in [1.29, 1.82) is 0 Å². The molecule has 0 spiro atoms. The Morgan fingerprint density at radius 2 is 1.83 bits per heavy atom. The minimum Gasteiger partial charge on any atom is -0.282 e. The van der Waals surface area contributed by atoms with Crippen molar-refractivity contribution in [2.45, 2.75) is 26.2 Å². The molecule has 122 valence electrons. The maximum absolute atomic E-state index is 11.2. The van der Waals surface area contributed by atoms with Gasteiger partial charge in [0.05, 0.1) is 16.7 Å². The van der Waals surface area contributed by atoms with Gasteiger partial charge in [0.2, 0.25) is 0 Å². The van der Waals surface area contributed by atoms with E-state index >= 15 is 0 Å². The Morgan fingerprint density at radius 1 is 1.12 bits per heavy atom. The second-order valence-corrected chi connectivity index (χ2v) is 6.11. The number of aromatic amines is 1. The van der Waals surface area contributed by atoms with Crippen LogP contribution in [0.2, 0.25) is 0 Å². The van der Waals surface area contributed by atoms with Crippen LogP contribution in [0.4, 0.5) is 5.69 Å². The lowest BCUT2D eigenvalue weighted by Gasteiger charge is -2.08. The van der Waals surface area contributed by atoms with Crippen LogP contribution in [0.3, 0.4) is 0 Å². The van der Waals surface area contributed by atoms with Gasteiger partial charge in [-0.2, -0.15) is 5.10 Å². The van der Waals surface area contributed by atoms with E-state index in [1.165, 1.54) is 11.6 Å². The summed E-state index contributed by atoms with van der Waals surface area (Å²) in [5.74, 6) is 0.397. The molecule has 24 heavy (non-hydrogen) atoms. The highest BCUT2D eigenvalue weighted by atomic mass is 16.6. The number of benzene rings is 2. The van der Waals surface area contributed by atoms with Crippen molar-refractivity contribution in [3.63, 3.8) is 0 Å². The third-order valence-corrected chi connectivity index (χ3v) is 4.09. The van der Waals surface area contributed by atoms with Crippen LogP contribution in [0.1, 0.15) is 36.6 Å². The number of nitrogens with one attached hydrogen (secondary N) is 1. The van der Waals surface area contributed by atoms with Crippen molar-refractivity contribution in [3.05, 3.63) is 81.7 Å². The molecule has 3 aromatic rings. The molecule has 5 heteroatoms. The monoisotopic (exact) mass is 321 g/mol. The van der Waals surface area contributed by atoms with Crippen LogP contribution < -0.4 is 0 Å². The van der Waals surface area contributed by atoms with E-state index in [9.17, 15) is 10.1 Å². The first-order valence-corrected chi connectivity index (χ1v) is 7.91. The summed E-state index contributed by atoms with van der Waals surface area (Å²) in [6.45, 7) is 4.27. The van der Waals surface area contributed by atoms with Crippen LogP contribution in [-0.4, -0.2) is 15.1 Å². The summed E-state index contributed by atoms with van der Waals surface area (Å²) < 4.78 is 0. The number of H-pyrrole nitrogens is 1. The fourth-order valence-corrected chi connectivity index (χ4v) is 2.86. The average Bonchev–Trinajstić information content (AvgIpc) is 3.04. The number of hydrogen-bond acceptors (Lipinski definition) is 3. The topological polar surface area (TPSA) is 71.8 Å². The molecule has 0 radical (unpaired) electrons. The number of aromatic nitrogens is 2. The quantitative estimate of drug-likeness (QED) is 0.547. The third-order valence-electron chi connectivity index (χ3n) is 4.09. The van der Waals surface area contributed by atoms with Gasteiger partial charge in [0.15, 0.2) is 0 Å². The standard InChI is InChI=1S/C19H19N3O2/c1-13(2)19-16(12-20-21-19)11-14-7-9-15(10-8-14)17-5-3-4-6-18(17)22(23)24/h3-10,12-13H,11H2,1-2H3,(H,20,21). The molecular weight excluding hydrogens is 302 g/mol. The van der Waals surface area contributed by atoms with Crippen LogP contribution >= 0.6 is 0 Å². The lowest BCUT2D eigenvalue weighted by Crippen LogP contribution is -1.96. The predicted molar refractivity (Wildman–Crippen MR) is 94.0 cm³/mol. The predicted octanol–water partition coefficient (Wildman–Crippen LogP) is 4.70. The zero-order valence-corrected chi connectivity index (χ0v) is 13.7. The van der Waals surface area contributed by atoms with Gasteiger partial charge in [-0.05, 0) is 28.7 Å². The van der Waals surface area contributed by atoms with Crippen LogP contribution in [-0.2, 0) is 6.42 Å². The van der Waals surface area contributed by atoms with Gasteiger partial charge in [-0.15, -0.1) is 0 Å². The molecule has 2 aromatic carbocycles. The van der Waals surface area contributed by atoms with Crippen molar-refractivity contribution in [3.8, 4) is 11.1 Å². The maximum Gasteiger partial charge on any atom is 0.277 e. The lowest BCUT2D eigenvalue weighted by atomic mass is 9.97. The van der Waals surface area contributed by atoms with Gasteiger partial charge in [-0.1, -0.05) is 50.2 Å². The molecule has 0 bridgehead atoms. The first-order chi connectivity index (χ1) is 11.6. The fourth-order valence-electron chi connectivity index (χ4n) is 2.86. The van der Waals surface area contributed by atoms with Crippen molar-refractivity contribution in [2.75, 3.05) is 0 Å². The van der Waals surface area contributed by atoms with Gasteiger partial charge in [0, 0.05) is 18.2 Å². The van der Waals surface area contributed by atoms with Crippen LogP contribution in [0.25, 0.3) is 11.1 Å². The highest BCUT2D eigenvalue weighted by Crippen LogP contribution is 2.30. The molecular formula is C19H19N3O2. The second-order valence-electron chi connectivity index (χ2n) is 6.11. The summed E-state index contributed by atoms with van der Waals surface area (Å²) in [4.78, 5) is 10.8. The summed E-state index contributed by atoms with van der Waals surface area (Å²) in [5, 5.41) is 18.4. The smallest absolute Gasteiger partial charge is 0.277 e. The zero-order chi connectivity index (χ0) is 17.1. The number of nitrogens with zero attached hydrogens (tertiary/aromatic N) is 2. The molecule has 3 rings (SSSR count). The van der Waals surface area contributed by atoms with Gasteiger partial charge in [0.1, 0.15) is 0 Å². The molecule has 0 saturated heterocycles. The Kier molecular flexibility index (Phi) is 4.42. The molecule has 1 N–H and O–H groups in total. The third kappa shape index (κ3) is 3.20. The first-order valence-electron chi connectivity index (χ1n) is 7.91. The van der Waals surface area contributed by atoms with Crippen molar-refractivity contribution in [1.82, 2.24) is 10.2 Å². The lowest BCUT2D eigenvalue weighted by molar-refractivity contribution is -0.384. The van der Waals surface area contributed by atoms with E-state index in [0.717, 1.165) is 23.2 Å². The van der Waals surface area contributed by atoms with E-state index in [2.05, 4.69) is 24.0 Å². The zero-order valence-electron chi connectivity index (χ0n) is 13.7. The molecule has 0 unspecified atom stereocenters. The van der Waals surface area contributed by atoms with E-state index in [-0.39, 0.29) is 10.6 Å².